The van der Waals surface area contributed by atoms with Crippen LogP contribution < -0.4 is 15.8 Å². The van der Waals surface area contributed by atoms with Gasteiger partial charge in [-0.1, -0.05) is 0 Å². The molecule has 3 rings (SSSR count). The number of nitrogens with one attached hydrogen (secondary N) is 1. The number of pyridine rings is 1. The SMILES string of the molecule is Cn1cc(-c2cc(Oc3ccc(NC(N)=O)cc3F)ccn2)cn1. The number of benzene rings is 1. The van der Waals surface area contributed by atoms with Crippen LogP contribution in [0.1, 0.15) is 0 Å². The van der Waals surface area contributed by atoms with Crippen LogP contribution in [0.2, 0.25) is 0 Å². The second kappa shape index (κ2) is 6.37. The van der Waals surface area contributed by atoms with Crippen molar-refractivity contribution < 1.29 is 13.9 Å². The normalized spacial score (nSPS) is 10.4. The van der Waals surface area contributed by atoms with Crippen molar-refractivity contribution in [2.45, 2.75) is 0 Å². The van der Waals surface area contributed by atoms with Crippen LogP contribution in [0, 0.1) is 5.82 Å². The van der Waals surface area contributed by atoms with E-state index in [0.717, 1.165) is 11.6 Å². The summed E-state index contributed by atoms with van der Waals surface area (Å²) in [6.07, 6.45) is 5.06. The van der Waals surface area contributed by atoms with Gasteiger partial charge in [-0.05, 0) is 18.2 Å². The minimum Gasteiger partial charge on any atom is -0.454 e. The molecule has 0 bridgehead atoms. The molecule has 0 aliphatic heterocycles. The monoisotopic (exact) mass is 327 g/mol. The van der Waals surface area contributed by atoms with Crippen molar-refractivity contribution in [1.29, 1.82) is 0 Å². The van der Waals surface area contributed by atoms with Crippen LogP contribution in [0.5, 0.6) is 11.5 Å². The van der Waals surface area contributed by atoms with E-state index in [9.17, 15) is 9.18 Å². The lowest BCUT2D eigenvalue weighted by Gasteiger charge is -2.09. The zero-order valence-electron chi connectivity index (χ0n) is 12.7. The number of urea groups is 1. The number of halogens is 1. The maximum Gasteiger partial charge on any atom is 0.316 e. The number of carbonyl (C=O) groups excluding carboxylic acids is 1. The minimum atomic E-state index is -0.765. The van der Waals surface area contributed by atoms with E-state index in [1.54, 1.807) is 36.3 Å². The number of rotatable bonds is 4. The molecule has 2 amide bonds. The molecule has 0 spiro atoms. The molecule has 2 heterocycles. The highest BCUT2D eigenvalue weighted by molar-refractivity contribution is 5.87. The van der Waals surface area contributed by atoms with Crippen LogP contribution in [0.4, 0.5) is 14.9 Å². The van der Waals surface area contributed by atoms with E-state index in [-0.39, 0.29) is 11.4 Å². The number of carbonyl (C=O) groups is 1. The molecule has 0 radical (unpaired) electrons. The predicted octanol–water partition coefficient (Wildman–Crippen LogP) is 2.90. The van der Waals surface area contributed by atoms with Gasteiger partial charge in [0, 0.05) is 42.8 Å². The molecule has 0 aliphatic carbocycles. The summed E-state index contributed by atoms with van der Waals surface area (Å²) >= 11 is 0. The van der Waals surface area contributed by atoms with Crippen molar-refractivity contribution in [2.75, 3.05) is 5.32 Å². The highest BCUT2D eigenvalue weighted by Crippen LogP contribution is 2.28. The highest BCUT2D eigenvalue weighted by atomic mass is 19.1. The topological polar surface area (TPSA) is 95.1 Å². The second-order valence-corrected chi connectivity index (χ2v) is 5.02. The standard InChI is InChI=1S/C16H14FN5O2/c1-22-9-10(8-20-22)14-7-12(4-5-19-14)24-15-3-2-11(6-13(15)17)21-16(18)23/h2-9H,1H3,(H3,18,21,23). The first-order chi connectivity index (χ1) is 11.5. The zero-order chi connectivity index (χ0) is 17.1. The Morgan fingerprint density at radius 2 is 2.17 bits per heavy atom. The van der Waals surface area contributed by atoms with Crippen molar-refractivity contribution in [2.24, 2.45) is 12.8 Å². The average Bonchev–Trinajstić information content (AvgIpc) is 2.96. The maximum atomic E-state index is 14.1. The van der Waals surface area contributed by atoms with Gasteiger partial charge in [0.05, 0.1) is 11.9 Å². The Morgan fingerprint density at radius 1 is 1.33 bits per heavy atom. The summed E-state index contributed by atoms with van der Waals surface area (Å²) in [4.78, 5) is 15.0. The molecular formula is C16H14FN5O2. The van der Waals surface area contributed by atoms with E-state index in [1.165, 1.54) is 12.1 Å². The summed E-state index contributed by atoms with van der Waals surface area (Å²) in [6.45, 7) is 0. The van der Waals surface area contributed by atoms with Crippen molar-refractivity contribution in [3.05, 3.63) is 54.7 Å². The first kappa shape index (κ1) is 15.5. The third-order valence-electron chi connectivity index (χ3n) is 3.16. The van der Waals surface area contributed by atoms with Crippen molar-refractivity contribution in [3.63, 3.8) is 0 Å². The first-order valence-electron chi connectivity index (χ1n) is 7.00. The first-order valence-corrected chi connectivity index (χ1v) is 7.00. The van der Waals surface area contributed by atoms with Gasteiger partial charge in [0.1, 0.15) is 5.75 Å². The Hall–Kier alpha value is -3.42. The highest BCUT2D eigenvalue weighted by Gasteiger charge is 2.09. The molecule has 0 saturated carbocycles. The Labute approximate surface area is 136 Å². The predicted molar refractivity (Wildman–Crippen MR) is 86.1 cm³/mol. The summed E-state index contributed by atoms with van der Waals surface area (Å²) in [5.74, 6) is -0.173. The Balaban J connectivity index is 1.82. The van der Waals surface area contributed by atoms with Gasteiger partial charge in [-0.25, -0.2) is 9.18 Å². The largest absolute Gasteiger partial charge is 0.454 e. The van der Waals surface area contributed by atoms with E-state index in [4.69, 9.17) is 10.5 Å². The Morgan fingerprint density at radius 3 is 2.83 bits per heavy atom. The smallest absolute Gasteiger partial charge is 0.316 e. The second-order valence-electron chi connectivity index (χ2n) is 5.02. The molecule has 0 atom stereocenters. The van der Waals surface area contributed by atoms with Crippen molar-refractivity contribution >= 4 is 11.7 Å². The lowest BCUT2D eigenvalue weighted by Crippen LogP contribution is -2.19. The van der Waals surface area contributed by atoms with Gasteiger partial charge >= 0.3 is 6.03 Å². The number of amides is 2. The molecule has 0 unspecified atom stereocenters. The van der Waals surface area contributed by atoms with Gasteiger partial charge in [-0.3, -0.25) is 9.67 Å². The summed E-state index contributed by atoms with van der Waals surface area (Å²) in [5.41, 5.74) is 6.72. The quantitative estimate of drug-likeness (QED) is 0.770. The lowest BCUT2D eigenvalue weighted by molar-refractivity contribution is 0.259. The van der Waals surface area contributed by atoms with Crippen LogP contribution in [0.15, 0.2) is 48.9 Å². The zero-order valence-corrected chi connectivity index (χ0v) is 12.7. The number of primary amides is 1. The molecule has 3 aromatic rings. The van der Waals surface area contributed by atoms with Crippen molar-refractivity contribution in [3.8, 4) is 22.8 Å². The van der Waals surface area contributed by atoms with Crippen LogP contribution in [-0.4, -0.2) is 20.8 Å². The van der Waals surface area contributed by atoms with E-state index < -0.39 is 11.8 Å². The van der Waals surface area contributed by atoms with E-state index in [2.05, 4.69) is 15.4 Å². The third-order valence-corrected chi connectivity index (χ3v) is 3.16. The van der Waals surface area contributed by atoms with Gasteiger partial charge in [0.15, 0.2) is 11.6 Å². The molecular weight excluding hydrogens is 313 g/mol. The molecule has 3 N–H and O–H groups in total. The number of nitrogens with zero attached hydrogens (tertiary/aromatic N) is 3. The number of ether oxygens (including phenoxy) is 1. The number of anilines is 1. The molecule has 0 fully saturated rings. The van der Waals surface area contributed by atoms with Crippen LogP contribution in [-0.2, 0) is 7.05 Å². The van der Waals surface area contributed by atoms with Crippen LogP contribution in [0.3, 0.4) is 0 Å². The molecule has 0 saturated heterocycles. The summed E-state index contributed by atoms with van der Waals surface area (Å²) in [6, 6.07) is 6.57. The Bertz CT molecular complexity index is 894. The summed E-state index contributed by atoms with van der Waals surface area (Å²) < 4.78 is 21.3. The van der Waals surface area contributed by atoms with Gasteiger partial charge in [0.2, 0.25) is 0 Å². The van der Waals surface area contributed by atoms with E-state index >= 15 is 0 Å². The lowest BCUT2D eigenvalue weighted by atomic mass is 10.2. The molecule has 1 aromatic carbocycles. The number of hydrogen-bond donors (Lipinski definition) is 2. The van der Waals surface area contributed by atoms with E-state index in [1.807, 2.05) is 6.20 Å². The van der Waals surface area contributed by atoms with Crippen molar-refractivity contribution in [1.82, 2.24) is 14.8 Å². The van der Waals surface area contributed by atoms with Gasteiger partial charge in [0.25, 0.3) is 0 Å². The number of hydrogen-bond acceptors (Lipinski definition) is 4. The molecule has 24 heavy (non-hydrogen) atoms. The molecule has 8 heteroatoms. The average molecular weight is 327 g/mol. The fourth-order valence-electron chi connectivity index (χ4n) is 2.12. The fraction of sp³-hybridized carbons (Fsp3) is 0.0625. The fourth-order valence-corrected chi connectivity index (χ4v) is 2.12. The molecule has 2 aromatic heterocycles. The summed E-state index contributed by atoms with van der Waals surface area (Å²) in [7, 11) is 1.81. The van der Waals surface area contributed by atoms with E-state index in [0.29, 0.717) is 11.4 Å². The van der Waals surface area contributed by atoms with Gasteiger partial charge < -0.3 is 15.8 Å². The maximum absolute atomic E-state index is 14.1. The minimum absolute atomic E-state index is 0.0216. The van der Waals surface area contributed by atoms with Gasteiger partial charge in [-0.15, -0.1) is 0 Å². The Kier molecular flexibility index (Phi) is 4.11. The molecule has 122 valence electrons. The van der Waals surface area contributed by atoms with Gasteiger partial charge in [-0.2, -0.15) is 5.10 Å². The third kappa shape index (κ3) is 3.49. The summed E-state index contributed by atoms with van der Waals surface area (Å²) in [5, 5.41) is 6.38. The molecule has 0 aliphatic rings. The van der Waals surface area contributed by atoms with Crippen LogP contribution >= 0.6 is 0 Å². The van der Waals surface area contributed by atoms with Crippen LogP contribution in [0.25, 0.3) is 11.3 Å². The number of aryl methyl sites for hydroxylation is 1. The number of aromatic nitrogens is 3. The number of nitrogens with two attached hydrogens (primary N) is 1. The molecule has 7 nitrogen and oxygen atoms in total.